The first-order valence-electron chi connectivity index (χ1n) is 6.14. The fourth-order valence-electron chi connectivity index (χ4n) is 2.05. The Morgan fingerprint density at radius 2 is 2.39 bits per heavy atom. The quantitative estimate of drug-likeness (QED) is 0.766. The fourth-order valence-corrected chi connectivity index (χ4v) is 2.05. The summed E-state index contributed by atoms with van der Waals surface area (Å²) in [4.78, 5) is 15.9. The zero-order valence-electron chi connectivity index (χ0n) is 10.7. The first-order chi connectivity index (χ1) is 8.70. The predicted molar refractivity (Wildman–Crippen MR) is 66.8 cm³/mol. The minimum absolute atomic E-state index is 0.0145. The van der Waals surface area contributed by atoms with Gasteiger partial charge in [0, 0.05) is 24.7 Å². The number of esters is 1. The average molecular weight is 247 g/mol. The van der Waals surface area contributed by atoms with E-state index in [9.17, 15) is 4.79 Å². The molecule has 4 nitrogen and oxygen atoms in total. The fraction of sp³-hybridized carbons (Fsp3) is 0.429. The lowest BCUT2D eigenvalue weighted by Crippen LogP contribution is -2.13. The van der Waals surface area contributed by atoms with Crippen molar-refractivity contribution in [2.24, 2.45) is 0 Å². The molecule has 0 spiro atoms. The Hall–Kier alpha value is -1.84. The van der Waals surface area contributed by atoms with Gasteiger partial charge in [-0.1, -0.05) is 6.07 Å². The molecule has 1 atom stereocenters. The van der Waals surface area contributed by atoms with Crippen molar-refractivity contribution in [2.75, 3.05) is 6.61 Å². The molecule has 1 aromatic heterocycles. The maximum atomic E-state index is 11.7. The van der Waals surface area contributed by atoms with Gasteiger partial charge < -0.3 is 9.47 Å². The SMILES string of the molecule is CCOC(=O)C1=C(C)OC(Cc2ccccn2)C1. The highest BCUT2D eigenvalue weighted by Crippen LogP contribution is 2.27. The molecule has 0 amide bonds. The van der Waals surface area contributed by atoms with Gasteiger partial charge in [0.15, 0.2) is 0 Å². The third-order valence-corrected chi connectivity index (χ3v) is 2.89. The van der Waals surface area contributed by atoms with Crippen molar-refractivity contribution in [3.8, 4) is 0 Å². The van der Waals surface area contributed by atoms with Crippen LogP contribution < -0.4 is 0 Å². The van der Waals surface area contributed by atoms with Crippen molar-refractivity contribution in [3.63, 3.8) is 0 Å². The number of rotatable bonds is 4. The molecule has 0 N–H and O–H groups in total. The Bertz CT molecular complexity index is 453. The number of hydrogen-bond acceptors (Lipinski definition) is 4. The van der Waals surface area contributed by atoms with Gasteiger partial charge in [0.1, 0.15) is 11.9 Å². The number of hydrogen-bond donors (Lipinski definition) is 0. The minimum Gasteiger partial charge on any atom is -0.494 e. The number of nitrogens with zero attached hydrogens (tertiary/aromatic N) is 1. The van der Waals surface area contributed by atoms with Crippen LogP contribution in [0.3, 0.4) is 0 Å². The molecular formula is C14H17NO3. The van der Waals surface area contributed by atoms with Crippen molar-refractivity contribution in [1.82, 2.24) is 4.98 Å². The Balaban J connectivity index is 1.96. The third kappa shape index (κ3) is 2.88. The van der Waals surface area contributed by atoms with Crippen LogP contribution in [0.15, 0.2) is 35.7 Å². The second-order valence-electron chi connectivity index (χ2n) is 4.22. The molecule has 1 aliphatic heterocycles. The molecule has 0 fully saturated rings. The summed E-state index contributed by atoms with van der Waals surface area (Å²) in [7, 11) is 0. The van der Waals surface area contributed by atoms with Crippen LogP contribution in [0, 0.1) is 0 Å². The van der Waals surface area contributed by atoms with Gasteiger partial charge >= 0.3 is 5.97 Å². The van der Waals surface area contributed by atoms with E-state index < -0.39 is 0 Å². The van der Waals surface area contributed by atoms with E-state index in [0.29, 0.717) is 30.8 Å². The smallest absolute Gasteiger partial charge is 0.337 e. The Labute approximate surface area is 107 Å². The molecule has 1 aliphatic rings. The maximum absolute atomic E-state index is 11.7. The van der Waals surface area contributed by atoms with Crippen LogP contribution >= 0.6 is 0 Å². The number of carbonyl (C=O) groups is 1. The van der Waals surface area contributed by atoms with E-state index in [2.05, 4.69) is 4.98 Å². The topological polar surface area (TPSA) is 48.4 Å². The Morgan fingerprint density at radius 1 is 1.56 bits per heavy atom. The molecular weight excluding hydrogens is 230 g/mol. The largest absolute Gasteiger partial charge is 0.494 e. The summed E-state index contributed by atoms with van der Waals surface area (Å²) in [6.45, 7) is 4.00. The molecule has 0 bridgehead atoms. The number of pyridine rings is 1. The van der Waals surface area contributed by atoms with Gasteiger partial charge in [0.25, 0.3) is 0 Å². The molecule has 1 unspecified atom stereocenters. The van der Waals surface area contributed by atoms with Gasteiger partial charge in [0.2, 0.25) is 0 Å². The summed E-state index contributed by atoms with van der Waals surface area (Å²) >= 11 is 0. The third-order valence-electron chi connectivity index (χ3n) is 2.89. The van der Waals surface area contributed by atoms with Crippen LogP contribution in [0.25, 0.3) is 0 Å². The van der Waals surface area contributed by atoms with E-state index in [4.69, 9.17) is 9.47 Å². The van der Waals surface area contributed by atoms with E-state index in [1.54, 1.807) is 13.1 Å². The molecule has 0 saturated carbocycles. The molecule has 0 saturated heterocycles. The predicted octanol–water partition coefficient (Wildman–Crippen LogP) is 2.25. The van der Waals surface area contributed by atoms with Crippen LogP contribution in [-0.2, 0) is 20.7 Å². The summed E-state index contributed by atoms with van der Waals surface area (Å²) in [6.07, 6.45) is 3.05. The summed E-state index contributed by atoms with van der Waals surface area (Å²) in [5, 5.41) is 0. The normalized spacial score (nSPS) is 18.7. The lowest BCUT2D eigenvalue weighted by molar-refractivity contribution is -0.138. The summed E-state index contributed by atoms with van der Waals surface area (Å²) < 4.78 is 10.7. The van der Waals surface area contributed by atoms with Crippen molar-refractivity contribution < 1.29 is 14.3 Å². The molecule has 4 heteroatoms. The van der Waals surface area contributed by atoms with E-state index in [-0.39, 0.29) is 12.1 Å². The molecule has 96 valence electrons. The van der Waals surface area contributed by atoms with E-state index >= 15 is 0 Å². The zero-order valence-corrected chi connectivity index (χ0v) is 10.7. The number of ether oxygens (including phenoxy) is 2. The summed E-state index contributed by atoms with van der Waals surface area (Å²) in [5.74, 6) is 0.410. The van der Waals surface area contributed by atoms with Crippen LogP contribution in [0.2, 0.25) is 0 Å². The molecule has 0 aromatic carbocycles. The van der Waals surface area contributed by atoms with E-state index in [1.165, 1.54) is 0 Å². The molecule has 0 radical (unpaired) electrons. The number of carbonyl (C=O) groups excluding carboxylic acids is 1. The monoisotopic (exact) mass is 247 g/mol. The van der Waals surface area contributed by atoms with Crippen molar-refractivity contribution in [1.29, 1.82) is 0 Å². The van der Waals surface area contributed by atoms with Crippen molar-refractivity contribution in [2.45, 2.75) is 32.8 Å². The van der Waals surface area contributed by atoms with E-state index in [0.717, 1.165) is 5.69 Å². The summed E-state index contributed by atoms with van der Waals surface area (Å²) in [6, 6.07) is 5.79. The standard InChI is InChI=1S/C14H17NO3/c1-3-17-14(16)13-9-12(18-10(13)2)8-11-6-4-5-7-15-11/h4-7,12H,3,8-9H2,1-2H3. The second kappa shape index (κ2) is 5.67. The van der Waals surface area contributed by atoms with Gasteiger partial charge in [-0.15, -0.1) is 0 Å². The van der Waals surface area contributed by atoms with Gasteiger partial charge in [-0.05, 0) is 26.0 Å². The van der Waals surface area contributed by atoms with Crippen LogP contribution in [0.5, 0.6) is 0 Å². The van der Waals surface area contributed by atoms with Crippen molar-refractivity contribution in [3.05, 3.63) is 41.4 Å². The van der Waals surface area contributed by atoms with Crippen molar-refractivity contribution >= 4 is 5.97 Å². The van der Waals surface area contributed by atoms with Gasteiger partial charge in [-0.3, -0.25) is 4.98 Å². The highest BCUT2D eigenvalue weighted by molar-refractivity contribution is 5.89. The number of allylic oxidation sites excluding steroid dienone is 1. The molecule has 18 heavy (non-hydrogen) atoms. The lowest BCUT2D eigenvalue weighted by Gasteiger charge is -2.10. The minimum atomic E-state index is -0.265. The second-order valence-corrected chi connectivity index (χ2v) is 4.22. The molecule has 0 aliphatic carbocycles. The highest BCUT2D eigenvalue weighted by Gasteiger charge is 2.28. The molecule has 1 aromatic rings. The van der Waals surface area contributed by atoms with Crippen LogP contribution in [0.4, 0.5) is 0 Å². The average Bonchev–Trinajstić information content (AvgIpc) is 2.72. The lowest BCUT2D eigenvalue weighted by atomic mass is 10.1. The zero-order chi connectivity index (χ0) is 13.0. The molecule has 2 heterocycles. The Kier molecular flexibility index (Phi) is 3.97. The van der Waals surface area contributed by atoms with Gasteiger partial charge in [-0.2, -0.15) is 0 Å². The molecule has 2 rings (SSSR count). The van der Waals surface area contributed by atoms with Crippen LogP contribution in [-0.4, -0.2) is 23.7 Å². The highest BCUT2D eigenvalue weighted by atomic mass is 16.5. The first-order valence-corrected chi connectivity index (χ1v) is 6.14. The maximum Gasteiger partial charge on any atom is 0.337 e. The van der Waals surface area contributed by atoms with Gasteiger partial charge in [-0.25, -0.2) is 4.79 Å². The number of aromatic nitrogens is 1. The van der Waals surface area contributed by atoms with E-state index in [1.807, 2.05) is 25.1 Å². The van der Waals surface area contributed by atoms with Crippen LogP contribution in [0.1, 0.15) is 26.0 Å². The Morgan fingerprint density at radius 3 is 3.06 bits per heavy atom. The van der Waals surface area contributed by atoms with Gasteiger partial charge in [0.05, 0.1) is 12.2 Å². The summed E-state index contributed by atoms with van der Waals surface area (Å²) in [5.41, 5.74) is 1.62. The first kappa shape index (κ1) is 12.6.